The minimum absolute atomic E-state index is 0.128. The van der Waals surface area contributed by atoms with Gasteiger partial charge in [0.2, 0.25) is 0 Å². The predicted molar refractivity (Wildman–Crippen MR) is 112 cm³/mol. The van der Waals surface area contributed by atoms with Crippen LogP contribution in [0.2, 0.25) is 0 Å². The lowest BCUT2D eigenvalue weighted by Gasteiger charge is -2.14. The second-order valence-corrected chi connectivity index (χ2v) is 7.28. The summed E-state index contributed by atoms with van der Waals surface area (Å²) in [5.41, 5.74) is 7.37. The average molecular weight is 370 g/mol. The van der Waals surface area contributed by atoms with Crippen molar-refractivity contribution in [1.82, 2.24) is 30.3 Å². The molecule has 4 heterocycles. The van der Waals surface area contributed by atoms with Gasteiger partial charge in [0.25, 0.3) is 0 Å². The van der Waals surface area contributed by atoms with Crippen LogP contribution in [0.5, 0.6) is 0 Å². The molecule has 0 unspecified atom stereocenters. The van der Waals surface area contributed by atoms with Gasteiger partial charge in [-0.1, -0.05) is 30.3 Å². The van der Waals surface area contributed by atoms with Crippen molar-refractivity contribution in [1.29, 1.82) is 0 Å². The molecule has 0 aliphatic carbocycles. The number of aromatic amines is 1. The van der Waals surface area contributed by atoms with Crippen molar-refractivity contribution in [2.24, 2.45) is 7.05 Å². The molecule has 3 aromatic heterocycles. The molecule has 1 aliphatic heterocycles. The summed E-state index contributed by atoms with van der Waals surface area (Å²) in [6.45, 7) is 3.04. The molecule has 1 atom stereocenters. The highest BCUT2D eigenvalue weighted by Gasteiger charge is 2.18. The monoisotopic (exact) mass is 370 g/mol. The van der Waals surface area contributed by atoms with Gasteiger partial charge in [-0.25, -0.2) is 0 Å². The number of aryl methyl sites for hydroxylation is 1. The van der Waals surface area contributed by atoms with Crippen LogP contribution >= 0.6 is 0 Å². The van der Waals surface area contributed by atoms with Crippen molar-refractivity contribution in [3.05, 3.63) is 65.2 Å². The number of nitrogens with one attached hydrogen (secondary N) is 2. The van der Waals surface area contributed by atoms with Gasteiger partial charge in [0, 0.05) is 30.2 Å². The van der Waals surface area contributed by atoms with E-state index in [1.807, 2.05) is 24.1 Å². The SMILES string of the molecule is C[C@H]1NCCc2ccccc2/C=C/c2n[nH]c3cnc(cc23)-c2cn(C)nc21. The van der Waals surface area contributed by atoms with Crippen LogP contribution in [-0.2, 0) is 13.5 Å². The van der Waals surface area contributed by atoms with Crippen molar-refractivity contribution in [3.8, 4) is 11.3 Å². The van der Waals surface area contributed by atoms with Gasteiger partial charge >= 0.3 is 0 Å². The molecule has 140 valence electrons. The Hall–Kier alpha value is -3.25. The van der Waals surface area contributed by atoms with E-state index in [9.17, 15) is 0 Å². The van der Waals surface area contributed by atoms with E-state index in [-0.39, 0.29) is 6.04 Å². The molecule has 0 spiro atoms. The molecule has 2 N–H and O–H groups in total. The first-order chi connectivity index (χ1) is 13.7. The number of rotatable bonds is 0. The van der Waals surface area contributed by atoms with Crippen molar-refractivity contribution in [2.75, 3.05) is 6.54 Å². The third-order valence-electron chi connectivity index (χ3n) is 5.34. The Labute approximate surface area is 163 Å². The molecular weight excluding hydrogens is 348 g/mol. The van der Waals surface area contributed by atoms with E-state index in [4.69, 9.17) is 5.10 Å². The van der Waals surface area contributed by atoms with Gasteiger partial charge in [-0.05, 0) is 43.2 Å². The summed E-state index contributed by atoms with van der Waals surface area (Å²) in [5, 5.41) is 17.0. The zero-order valence-corrected chi connectivity index (χ0v) is 16.0. The summed E-state index contributed by atoms with van der Waals surface area (Å²) < 4.78 is 1.86. The molecule has 6 nitrogen and oxygen atoms in total. The maximum absolute atomic E-state index is 4.71. The Morgan fingerprint density at radius 2 is 2.07 bits per heavy atom. The number of aromatic nitrogens is 5. The Balaban J connectivity index is 1.71. The molecule has 5 rings (SSSR count). The number of nitrogens with zero attached hydrogens (tertiary/aromatic N) is 4. The van der Waals surface area contributed by atoms with Crippen molar-refractivity contribution in [2.45, 2.75) is 19.4 Å². The lowest BCUT2D eigenvalue weighted by atomic mass is 10.0. The molecule has 0 saturated carbocycles. The van der Waals surface area contributed by atoms with Crippen LogP contribution in [0, 0.1) is 0 Å². The summed E-state index contributed by atoms with van der Waals surface area (Å²) >= 11 is 0. The standard InChI is InChI=1S/C22H22N6/c1-14-22-18(13-28(2)27-22)20-11-17-19(25-26-21(17)12-24-20)8-7-15-5-3-4-6-16(15)9-10-23-14/h3-8,11-14,23H,9-10H2,1-2H3,(H,25,26)/b8-7+/t14-/m1/s1. The van der Waals surface area contributed by atoms with Crippen molar-refractivity contribution >= 4 is 23.1 Å². The van der Waals surface area contributed by atoms with Gasteiger partial charge in [0.15, 0.2) is 0 Å². The number of H-pyrrole nitrogens is 1. The quantitative estimate of drug-likeness (QED) is 0.495. The fraction of sp³-hybridized carbons (Fsp3) is 0.227. The first-order valence-corrected chi connectivity index (χ1v) is 9.56. The number of hydrogen-bond donors (Lipinski definition) is 2. The smallest absolute Gasteiger partial charge is 0.0928 e. The Kier molecular flexibility index (Phi) is 4.06. The van der Waals surface area contributed by atoms with Gasteiger partial charge in [0.05, 0.1) is 28.8 Å². The highest BCUT2D eigenvalue weighted by atomic mass is 15.3. The number of fused-ring (bicyclic) bond motifs is 4. The fourth-order valence-electron chi connectivity index (χ4n) is 3.85. The van der Waals surface area contributed by atoms with Crippen molar-refractivity contribution in [3.63, 3.8) is 0 Å². The van der Waals surface area contributed by atoms with Gasteiger partial charge in [-0.15, -0.1) is 0 Å². The predicted octanol–water partition coefficient (Wildman–Crippen LogP) is 3.74. The van der Waals surface area contributed by atoms with E-state index < -0.39 is 0 Å². The highest BCUT2D eigenvalue weighted by Crippen LogP contribution is 2.29. The lowest BCUT2D eigenvalue weighted by molar-refractivity contribution is 0.554. The van der Waals surface area contributed by atoms with Crippen LogP contribution in [0.4, 0.5) is 0 Å². The largest absolute Gasteiger partial charge is 0.308 e. The molecule has 1 aliphatic rings. The normalized spacial score (nSPS) is 17.9. The van der Waals surface area contributed by atoms with Crippen LogP contribution in [-0.4, -0.2) is 31.5 Å². The van der Waals surface area contributed by atoms with E-state index in [1.54, 1.807) is 0 Å². The van der Waals surface area contributed by atoms with E-state index in [0.717, 1.165) is 46.5 Å². The number of hydrogen-bond acceptors (Lipinski definition) is 4. The lowest BCUT2D eigenvalue weighted by Crippen LogP contribution is -2.22. The van der Waals surface area contributed by atoms with Crippen LogP contribution in [0.3, 0.4) is 0 Å². The Morgan fingerprint density at radius 1 is 1.18 bits per heavy atom. The topological polar surface area (TPSA) is 71.4 Å². The van der Waals surface area contributed by atoms with E-state index in [1.165, 1.54) is 11.1 Å². The third kappa shape index (κ3) is 2.92. The second kappa shape index (κ2) is 6.73. The maximum Gasteiger partial charge on any atom is 0.0928 e. The van der Waals surface area contributed by atoms with Crippen LogP contribution in [0.25, 0.3) is 34.3 Å². The molecule has 2 bridgehead atoms. The molecule has 4 aromatic rings. The summed E-state index contributed by atoms with van der Waals surface area (Å²) in [4.78, 5) is 4.66. The van der Waals surface area contributed by atoms with Gasteiger partial charge in [-0.3, -0.25) is 14.8 Å². The Morgan fingerprint density at radius 3 is 3.00 bits per heavy atom. The van der Waals surface area contributed by atoms with Crippen LogP contribution < -0.4 is 5.32 Å². The summed E-state index contributed by atoms with van der Waals surface area (Å²) in [7, 11) is 1.95. The highest BCUT2D eigenvalue weighted by molar-refractivity contribution is 5.91. The van der Waals surface area contributed by atoms with E-state index in [0.29, 0.717) is 0 Å². The molecule has 0 amide bonds. The van der Waals surface area contributed by atoms with E-state index >= 15 is 0 Å². The van der Waals surface area contributed by atoms with E-state index in [2.05, 4.69) is 69.9 Å². The third-order valence-corrected chi connectivity index (χ3v) is 5.34. The molecule has 0 radical (unpaired) electrons. The molecule has 1 aromatic carbocycles. The van der Waals surface area contributed by atoms with Gasteiger partial charge < -0.3 is 5.32 Å². The average Bonchev–Trinajstić information content (AvgIpc) is 3.29. The number of benzene rings is 1. The fourth-order valence-corrected chi connectivity index (χ4v) is 3.85. The molecule has 0 saturated heterocycles. The van der Waals surface area contributed by atoms with Crippen molar-refractivity contribution < 1.29 is 0 Å². The minimum atomic E-state index is 0.128. The summed E-state index contributed by atoms with van der Waals surface area (Å²) in [5.74, 6) is 0. The van der Waals surface area contributed by atoms with Crippen LogP contribution in [0.1, 0.15) is 35.5 Å². The molecular formula is C22H22N6. The Bertz CT molecular complexity index is 1180. The van der Waals surface area contributed by atoms with Gasteiger partial charge in [0.1, 0.15) is 0 Å². The van der Waals surface area contributed by atoms with Gasteiger partial charge in [-0.2, -0.15) is 10.2 Å². The summed E-state index contributed by atoms with van der Waals surface area (Å²) in [6, 6.07) is 10.7. The molecule has 6 heteroatoms. The minimum Gasteiger partial charge on any atom is -0.308 e. The zero-order chi connectivity index (χ0) is 19.1. The first-order valence-electron chi connectivity index (χ1n) is 9.56. The first kappa shape index (κ1) is 16.9. The summed E-state index contributed by atoms with van der Waals surface area (Å²) in [6.07, 6.45) is 9.07. The molecule has 28 heavy (non-hydrogen) atoms. The zero-order valence-electron chi connectivity index (χ0n) is 16.0. The van der Waals surface area contributed by atoms with Crippen LogP contribution in [0.15, 0.2) is 42.7 Å². The number of pyridine rings is 1. The second-order valence-electron chi connectivity index (χ2n) is 7.28. The molecule has 0 fully saturated rings. The maximum atomic E-state index is 4.71.